The lowest BCUT2D eigenvalue weighted by atomic mass is 10.1. The molecule has 0 saturated carbocycles. The number of urea groups is 1. The summed E-state index contributed by atoms with van der Waals surface area (Å²) in [7, 11) is 1.65. The van der Waals surface area contributed by atoms with Crippen molar-refractivity contribution in [3.63, 3.8) is 0 Å². The van der Waals surface area contributed by atoms with E-state index < -0.39 is 0 Å². The summed E-state index contributed by atoms with van der Waals surface area (Å²) < 4.78 is 7.01. The summed E-state index contributed by atoms with van der Waals surface area (Å²) in [6, 6.07) is 11.7. The highest BCUT2D eigenvalue weighted by molar-refractivity contribution is 7.15. The maximum atomic E-state index is 12.0. The average Bonchev–Trinajstić information content (AvgIpc) is 3.46. The van der Waals surface area contributed by atoms with Gasteiger partial charge in [-0.15, -0.1) is 27.8 Å². The number of fused-ring (bicyclic) bond motifs is 1. The SMILES string of the molecule is COc1ccc(CCNC(=O)NCCc2csc3nc(-c4cccs4)nn23)cc1. The number of nitrogens with zero attached hydrogens (tertiary/aromatic N) is 3. The number of hydrogen-bond donors (Lipinski definition) is 2. The number of thiophene rings is 1. The first-order valence-electron chi connectivity index (χ1n) is 9.24. The van der Waals surface area contributed by atoms with Crippen molar-refractivity contribution in [3.05, 3.63) is 58.4 Å². The Hall–Kier alpha value is -2.91. The van der Waals surface area contributed by atoms with Gasteiger partial charge in [-0.1, -0.05) is 18.2 Å². The van der Waals surface area contributed by atoms with E-state index in [4.69, 9.17) is 4.74 Å². The van der Waals surface area contributed by atoms with Crippen LogP contribution in [-0.2, 0) is 12.8 Å². The predicted octanol–water partition coefficient (Wildman–Crippen LogP) is 3.61. The summed E-state index contributed by atoms with van der Waals surface area (Å²) in [5.41, 5.74) is 2.19. The smallest absolute Gasteiger partial charge is 0.314 e. The van der Waals surface area contributed by atoms with E-state index in [0.29, 0.717) is 19.5 Å². The standard InChI is InChI=1S/C20H21N5O2S2/c1-27-16-6-4-14(5-7-16)8-10-21-19(26)22-11-9-15-13-29-20-23-18(24-25(15)20)17-3-2-12-28-17/h2-7,12-13H,8-11H2,1H3,(H2,21,22,26). The Morgan fingerprint density at radius 2 is 1.90 bits per heavy atom. The lowest BCUT2D eigenvalue weighted by Crippen LogP contribution is -2.37. The quantitative estimate of drug-likeness (QED) is 0.450. The molecule has 0 aliphatic rings. The summed E-state index contributed by atoms with van der Waals surface area (Å²) in [4.78, 5) is 18.5. The number of hydrogen-bond acceptors (Lipinski definition) is 6. The Morgan fingerprint density at radius 1 is 1.10 bits per heavy atom. The number of nitrogens with one attached hydrogen (secondary N) is 2. The van der Waals surface area contributed by atoms with Crippen molar-refractivity contribution in [2.75, 3.05) is 20.2 Å². The number of rotatable bonds is 8. The first kappa shape index (κ1) is 19.4. The number of amides is 2. The minimum atomic E-state index is -0.164. The topological polar surface area (TPSA) is 80.5 Å². The zero-order valence-electron chi connectivity index (χ0n) is 15.9. The molecule has 0 radical (unpaired) electrons. The lowest BCUT2D eigenvalue weighted by Gasteiger charge is -2.08. The monoisotopic (exact) mass is 427 g/mol. The molecule has 4 rings (SSSR count). The Morgan fingerprint density at radius 3 is 2.62 bits per heavy atom. The van der Waals surface area contributed by atoms with E-state index in [-0.39, 0.29) is 6.03 Å². The van der Waals surface area contributed by atoms with E-state index in [0.717, 1.165) is 39.1 Å². The van der Waals surface area contributed by atoms with Crippen LogP contribution in [-0.4, -0.2) is 40.8 Å². The Kier molecular flexibility index (Phi) is 6.06. The van der Waals surface area contributed by atoms with Gasteiger partial charge in [-0.2, -0.15) is 4.98 Å². The van der Waals surface area contributed by atoms with Gasteiger partial charge in [-0.3, -0.25) is 0 Å². The van der Waals surface area contributed by atoms with Crippen LogP contribution in [0.1, 0.15) is 11.3 Å². The second-order valence-electron chi connectivity index (χ2n) is 6.36. The molecule has 29 heavy (non-hydrogen) atoms. The minimum absolute atomic E-state index is 0.164. The van der Waals surface area contributed by atoms with Crippen molar-refractivity contribution in [1.29, 1.82) is 0 Å². The molecule has 0 spiro atoms. The van der Waals surface area contributed by atoms with Crippen molar-refractivity contribution in [1.82, 2.24) is 25.2 Å². The van der Waals surface area contributed by atoms with Gasteiger partial charge in [0.05, 0.1) is 17.7 Å². The van der Waals surface area contributed by atoms with E-state index in [1.165, 1.54) is 0 Å². The summed E-state index contributed by atoms with van der Waals surface area (Å²) in [6.07, 6.45) is 1.46. The fourth-order valence-electron chi connectivity index (χ4n) is 2.89. The lowest BCUT2D eigenvalue weighted by molar-refractivity contribution is 0.241. The summed E-state index contributed by atoms with van der Waals surface area (Å²) in [5, 5.41) is 14.4. The van der Waals surface area contributed by atoms with Crippen LogP contribution in [0, 0.1) is 0 Å². The second kappa shape index (κ2) is 9.06. The normalized spacial score (nSPS) is 10.9. The van der Waals surface area contributed by atoms with Gasteiger partial charge in [-0.25, -0.2) is 9.31 Å². The van der Waals surface area contributed by atoms with Crippen LogP contribution >= 0.6 is 22.7 Å². The van der Waals surface area contributed by atoms with Gasteiger partial charge in [0.25, 0.3) is 0 Å². The van der Waals surface area contributed by atoms with Crippen LogP contribution in [0.3, 0.4) is 0 Å². The predicted molar refractivity (Wildman–Crippen MR) is 116 cm³/mol. The van der Waals surface area contributed by atoms with Crippen LogP contribution in [0.4, 0.5) is 4.79 Å². The first-order chi connectivity index (χ1) is 14.2. The van der Waals surface area contributed by atoms with Crippen molar-refractivity contribution < 1.29 is 9.53 Å². The summed E-state index contributed by atoms with van der Waals surface area (Å²) in [6.45, 7) is 1.11. The molecule has 150 valence electrons. The average molecular weight is 428 g/mol. The number of carbonyl (C=O) groups is 1. The highest BCUT2D eigenvalue weighted by Crippen LogP contribution is 2.24. The number of benzene rings is 1. The number of carbonyl (C=O) groups excluding carboxylic acids is 1. The third-order valence-corrected chi connectivity index (χ3v) is 6.15. The molecule has 7 nitrogen and oxygen atoms in total. The molecular formula is C20H21N5O2S2. The van der Waals surface area contributed by atoms with Crippen LogP contribution in [0.25, 0.3) is 15.7 Å². The molecule has 1 aromatic carbocycles. The molecule has 3 aromatic heterocycles. The molecular weight excluding hydrogens is 406 g/mol. The molecule has 0 aliphatic heterocycles. The van der Waals surface area contributed by atoms with Gasteiger partial charge < -0.3 is 15.4 Å². The first-order valence-corrected chi connectivity index (χ1v) is 11.0. The van der Waals surface area contributed by atoms with E-state index in [1.54, 1.807) is 29.8 Å². The van der Waals surface area contributed by atoms with Gasteiger partial charge in [0.15, 0.2) is 5.82 Å². The molecule has 0 atom stereocenters. The number of methoxy groups -OCH3 is 1. The molecule has 9 heteroatoms. The highest BCUT2D eigenvalue weighted by atomic mass is 32.1. The molecule has 0 fully saturated rings. The number of aromatic nitrogens is 3. The molecule has 3 heterocycles. The van der Waals surface area contributed by atoms with E-state index in [2.05, 4.69) is 20.7 Å². The maximum Gasteiger partial charge on any atom is 0.314 e. The third kappa shape index (κ3) is 4.75. The van der Waals surface area contributed by atoms with Crippen molar-refractivity contribution in [3.8, 4) is 16.5 Å². The largest absolute Gasteiger partial charge is 0.497 e. The number of ether oxygens (including phenoxy) is 1. The number of thiazole rings is 1. The molecule has 0 aliphatic carbocycles. The molecule has 4 aromatic rings. The van der Waals surface area contributed by atoms with Crippen LogP contribution in [0.15, 0.2) is 47.2 Å². The van der Waals surface area contributed by atoms with Crippen molar-refractivity contribution in [2.45, 2.75) is 12.8 Å². The van der Waals surface area contributed by atoms with E-state index in [1.807, 2.05) is 51.7 Å². The molecule has 2 amide bonds. The van der Waals surface area contributed by atoms with Gasteiger partial charge in [0.1, 0.15) is 5.75 Å². The summed E-state index contributed by atoms with van der Waals surface area (Å²) >= 11 is 3.19. The maximum absolute atomic E-state index is 12.0. The fraction of sp³-hybridized carbons (Fsp3) is 0.250. The molecule has 0 bridgehead atoms. The Balaban J connectivity index is 1.23. The van der Waals surface area contributed by atoms with Gasteiger partial charge in [0.2, 0.25) is 4.96 Å². The van der Waals surface area contributed by atoms with Gasteiger partial charge in [0, 0.05) is 24.9 Å². The molecule has 2 N–H and O–H groups in total. The van der Waals surface area contributed by atoms with Crippen LogP contribution in [0.5, 0.6) is 5.75 Å². The van der Waals surface area contributed by atoms with Crippen LogP contribution < -0.4 is 15.4 Å². The molecule has 0 unspecified atom stereocenters. The highest BCUT2D eigenvalue weighted by Gasteiger charge is 2.12. The minimum Gasteiger partial charge on any atom is -0.497 e. The van der Waals surface area contributed by atoms with E-state index in [9.17, 15) is 4.79 Å². The Labute approximate surface area is 176 Å². The fourth-order valence-corrected chi connectivity index (χ4v) is 4.39. The van der Waals surface area contributed by atoms with Crippen LogP contribution in [0.2, 0.25) is 0 Å². The summed E-state index contributed by atoms with van der Waals surface area (Å²) in [5.74, 6) is 1.58. The van der Waals surface area contributed by atoms with E-state index >= 15 is 0 Å². The zero-order chi connectivity index (χ0) is 20.1. The third-order valence-electron chi connectivity index (χ3n) is 4.42. The van der Waals surface area contributed by atoms with Crippen molar-refractivity contribution >= 4 is 33.7 Å². The second-order valence-corrected chi connectivity index (χ2v) is 8.15. The zero-order valence-corrected chi connectivity index (χ0v) is 17.6. The Bertz CT molecular complexity index is 1070. The van der Waals surface area contributed by atoms with Gasteiger partial charge in [-0.05, 0) is 35.6 Å². The van der Waals surface area contributed by atoms with Gasteiger partial charge >= 0.3 is 6.03 Å². The molecule has 0 saturated heterocycles. The van der Waals surface area contributed by atoms with Crippen molar-refractivity contribution in [2.24, 2.45) is 0 Å².